The zero-order chi connectivity index (χ0) is 13.2. The average Bonchev–Trinajstić information content (AvgIpc) is 2.85. The molecule has 0 aliphatic carbocycles. The molecule has 3 rings (SSSR count). The van der Waals surface area contributed by atoms with Crippen LogP contribution in [0.3, 0.4) is 0 Å². The van der Waals surface area contributed by atoms with E-state index in [0.29, 0.717) is 22.4 Å². The van der Waals surface area contributed by atoms with Crippen LogP contribution in [0.4, 0.5) is 10.1 Å². The summed E-state index contributed by atoms with van der Waals surface area (Å²) in [4.78, 5) is 16.1. The second-order valence-corrected chi connectivity index (χ2v) is 3.93. The van der Waals surface area contributed by atoms with Gasteiger partial charge in [-0.3, -0.25) is 9.89 Å². The van der Waals surface area contributed by atoms with Crippen LogP contribution in [-0.4, -0.2) is 21.1 Å². The Morgan fingerprint density at radius 1 is 1.21 bits per heavy atom. The number of nitrogens with one attached hydrogen (secondary N) is 2. The van der Waals surface area contributed by atoms with Gasteiger partial charge in [-0.05, 0) is 36.4 Å². The summed E-state index contributed by atoms with van der Waals surface area (Å²) in [6.07, 6.45) is 1.60. The van der Waals surface area contributed by atoms with Gasteiger partial charge in [0.05, 0.1) is 5.39 Å². The van der Waals surface area contributed by atoms with Crippen LogP contribution in [-0.2, 0) is 0 Å². The molecule has 0 aliphatic heterocycles. The number of carbonyl (C=O) groups is 1. The molecule has 0 saturated heterocycles. The minimum atomic E-state index is -0.353. The second-order valence-electron chi connectivity index (χ2n) is 3.93. The van der Waals surface area contributed by atoms with Gasteiger partial charge in [-0.1, -0.05) is 0 Å². The number of aromatic nitrogens is 3. The Labute approximate surface area is 107 Å². The van der Waals surface area contributed by atoms with E-state index in [4.69, 9.17) is 0 Å². The molecular weight excluding hydrogens is 247 g/mol. The number of rotatable bonds is 2. The topological polar surface area (TPSA) is 70.7 Å². The molecule has 0 spiro atoms. The fourth-order valence-electron chi connectivity index (χ4n) is 1.75. The van der Waals surface area contributed by atoms with Crippen molar-refractivity contribution in [2.75, 3.05) is 5.32 Å². The summed E-state index contributed by atoms with van der Waals surface area (Å²) in [6.45, 7) is 0. The van der Waals surface area contributed by atoms with Crippen LogP contribution < -0.4 is 5.32 Å². The van der Waals surface area contributed by atoms with E-state index in [9.17, 15) is 9.18 Å². The molecule has 1 amide bonds. The van der Waals surface area contributed by atoms with Gasteiger partial charge in [-0.15, -0.1) is 0 Å². The largest absolute Gasteiger partial charge is 0.321 e. The highest BCUT2D eigenvalue weighted by Crippen LogP contribution is 2.15. The Morgan fingerprint density at radius 3 is 2.79 bits per heavy atom. The third-order valence-corrected chi connectivity index (χ3v) is 2.66. The number of amides is 1. The third kappa shape index (κ3) is 2.15. The Bertz CT molecular complexity index is 736. The minimum absolute atomic E-state index is 0.326. The summed E-state index contributed by atoms with van der Waals surface area (Å²) in [5, 5.41) is 9.88. The number of H-pyrrole nitrogens is 1. The molecular formula is C13H9FN4O. The number of hydrogen-bond donors (Lipinski definition) is 2. The molecule has 0 atom stereocenters. The quantitative estimate of drug-likeness (QED) is 0.739. The van der Waals surface area contributed by atoms with Gasteiger partial charge in [0.15, 0.2) is 5.65 Å². The van der Waals surface area contributed by atoms with Crippen LogP contribution >= 0.6 is 0 Å². The van der Waals surface area contributed by atoms with Gasteiger partial charge >= 0.3 is 0 Å². The molecule has 0 fully saturated rings. The lowest BCUT2D eigenvalue weighted by atomic mass is 10.2. The maximum absolute atomic E-state index is 12.8. The van der Waals surface area contributed by atoms with Crippen LogP contribution in [0.1, 0.15) is 10.5 Å². The molecule has 0 bridgehead atoms. The summed E-state index contributed by atoms with van der Waals surface area (Å²) >= 11 is 0. The van der Waals surface area contributed by atoms with Crippen molar-refractivity contribution in [3.8, 4) is 0 Å². The maximum atomic E-state index is 12.8. The average molecular weight is 256 g/mol. The van der Waals surface area contributed by atoms with E-state index < -0.39 is 0 Å². The van der Waals surface area contributed by atoms with Gasteiger partial charge in [0.2, 0.25) is 0 Å². The number of halogens is 1. The maximum Gasteiger partial charge on any atom is 0.274 e. The van der Waals surface area contributed by atoms with Crippen molar-refractivity contribution in [1.82, 2.24) is 15.2 Å². The van der Waals surface area contributed by atoms with Crippen molar-refractivity contribution in [2.45, 2.75) is 0 Å². The number of fused-ring (bicyclic) bond motifs is 1. The summed E-state index contributed by atoms with van der Waals surface area (Å²) in [5.74, 6) is -0.698. The van der Waals surface area contributed by atoms with Crippen molar-refractivity contribution in [2.24, 2.45) is 0 Å². The fourth-order valence-corrected chi connectivity index (χ4v) is 1.75. The normalized spacial score (nSPS) is 10.6. The lowest BCUT2D eigenvalue weighted by Gasteiger charge is -2.03. The SMILES string of the molecule is O=C(Nc1ccc(F)cc1)c1[nH]nc2ncccc12. The number of hydrogen-bond acceptors (Lipinski definition) is 3. The molecule has 3 aromatic rings. The Balaban J connectivity index is 1.90. The number of benzene rings is 1. The zero-order valence-corrected chi connectivity index (χ0v) is 9.72. The Hall–Kier alpha value is -2.76. The predicted octanol–water partition coefficient (Wildman–Crippen LogP) is 2.35. The first kappa shape index (κ1) is 11.3. The van der Waals surface area contributed by atoms with Gasteiger partial charge < -0.3 is 5.32 Å². The first-order valence-corrected chi connectivity index (χ1v) is 5.60. The number of anilines is 1. The van der Waals surface area contributed by atoms with Crippen molar-refractivity contribution >= 4 is 22.6 Å². The van der Waals surface area contributed by atoms with Gasteiger partial charge in [-0.25, -0.2) is 9.37 Å². The van der Waals surface area contributed by atoms with Crippen LogP contribution in [0.2, 0.25) is 0 Å². The summed E-state index contributed by atoms with van der Waals surface area (Å²) < 4.78 is 12.8. The van der Waals surface area contributed by atoms with E-state index in [1.807, 2.05) is 0 Å². The molecule has 2 N–H and O–H groups in total. The fraction of sp³-hybridized carbons (Fsp3) is 0. The van der Waals surface area contributed by atoms with E-state index in [1.54, 1.807) is 18.3 Å². The van der Waals surface area contributed by atoms with E-state index in [1.165, 1.54) is 24.3 Å². The lowest BCUT2D eigenvalue weighted by molar-refractivity contribution is 0.102. The van der Waals surface area contributed by atoms with Crippen molar-refractivity contribution in [1.29, 1.82) is 0 Å². The molecule has 94 valence electrons. The number of aromatic amines is 1. The highest BCUT2D eigenvalue weighted by molar-refractivity contribution is 6.10. The molecule has 1 aromatic carbocycles. The van der Waals surface area contributed by atoms with Gasteiger partial charge in [0, 0.05) is 11.9 Å². The zero-order valence-electron chi connectivity index (χ0n) is 9.72. The molecule has 0 aliphatic rings. The van der Waals surface area contributed by atoms with Gasteiger partial charge in [0.25, 0.3) is 5.91 Å². The Morgan fingerprint density at radius 2 is 2.00 bits per heavy atom. The van der Waals surface area contributed by atoms with Crippen LogP contribution in [0.15, 0.2) is 42.6 Å². The predicted molar refractivity (Wildman–Crippen MR) is 68.2 cm³/mol. The second kappa shape index (κ2) is 4.49. The molecule has 6 heteroatoms. The molecule has 2 heterocycles. The lowest BCUT2D eigenvalue weighted by Crippen LogP contribution is -2.12. The summed E-state index contributed by atoms with van der Waals surface area (Å²) in [6, 6.07) is 9.02. The van der Waals surface area contributed by atoms with Crippen LogP contribution in [0.5, 0.6) is 0 Å². The van der Waals surface area contributed by atoms with Crippen LogP contribution in [0.25, 0.3) is 11.0 Å². The van der Waals surface area contributed by atoms with Gasteiger partial charge in [-0.2, -0.15) is 5.10 Å². The summed E-state index contributed by atoms with van der Waals surface area (Å²) in [5.41, 5.74) is 1.32. The van der Waals surface area contributed by atoms with Gasteiger partial charge in [0.1, 0.15) is 11.5 Å². The van der Waals surface area contributed by atoms with Crippen molar-refractivity contribution in [3.05, 3.63) is 54.1 Å². The monoisotopic (exact) mass is 256 g/mol. The minimum Gasteiger partial charge on any atom is -0.321 e. The van der Waals surface area contributed by atoms with Crippen molar-refractivity contribution < 1.29 is 9.18 Å². The highest BCUT2D eigenvalue weighted by Gasteiger charge is 2.13. The van der Waals surface area contributed by atoms with Crippen molar-refractivity contribution in [3.63, 3.8) is 0 Å². The molecule has 0 radical (unpaired) electrons. The first-order valence-electron chi connectivity index (χ1n) is 5.60. The summed E-state index contributed by atoms with van der Waals surface area (Å²) in [7, 11) is 0. The Kier molecular flexibility index (Phi) is 2.68. The standard InChI is InChI=1S/C13H9FN4O/c14-8-3-5-9(6-4-8)16-13(19)11-10-2-1-7-15-12(10)18-17-11/h1-7H,(H,16,19)(H,15,17,18). The molecule has 0 unspecified atom stereocenters. The molecule has 19 heavy (non-hydrogen) atoms. The highest BCUT2D eigenvalue weighted by atomic mass is 19.1. The number of carbonyl (C=O) groups excluding carboxylic acids is 1. The van der Waals surface area contributed by atoms with E-state index in [2.05, 4.69) is 20.5 Å². The van der Waals surface area contributed by atoms with E-state index in [0.717, 1.165) is 0 Å². The van der Waals surface area contributed by atoms with E-state index in [-0.39, 0.29) is 11.7 Å². The smallest absolute Gasteiger partial charge is 0.274 e. The molecule has 0 saturated carbocycles. The number of nitrogens with zero attached hydrogens (tertiary/aromatic N) is 2. The number of pyridine rings is 1. The van der Waals surface area contributed by atoms with E-state index >= 15 is 0 Å². The van der Waals surface area contributed by atoms with Crippen LogP contribution in [0, 0.1) is 5.82 Å². The third-order valence-electron chi connectivity index (χ3n) is 2.66. The molecule has 5 nitrogen and oxygen atoms in total. The first-order chi connectivity index (χ1) is 9.24. The molecule has 2 aromatic heterocycles.